The normalized spacial score (nSPS) is 10.7. The van der Waals surface area contributed by atoms with Gasteiger partial charge < -0.3 is 9.84 Å². The van der Waals surface area contributed by atoms with Crippen LogP contribution in [0.3, 0.4) is 0 Å². The van der Waals surface area contributed by atoms with Gasteiger partial charge in [-0.25, -0.2) is 0 Å². The second-order valence-electron chi connectivity index (χ2n) is 4.28. The number of hydrogen-bond acceptors (Lipinski definition) is 5. The highest BCUT2D eigenvalue weighted by Crippen LogP contribution is 2.25. The SMILES string of the molecule is Cc1c(NC(=O)c2cc(-c3cccs3)on2)cnn1C. The Bertz CT molecular complexity index is 742. The van der Waals surface area contributed by atoms with E-state index in [4.69, 9.17) is 4.52 Å². The van der Waals surface area contributed by atoms with Gasteiger partial charge in [-0.1, -0.05) is 11.2 Å². The zero-order valence-corrected chi connectivity index (χ0v) is 11.8. The predicted octanol–water partition coefficient (Wildman–Crippen LogP) is 2.70. The van der Waals surface area contributed by atoms with E-state index in [9.17, 15) is 4.79 Å². The van der Waals surface area contributed by atoms with Gasteiger partial charge in [-0.05, 0) is 18.4 Å². The second-order valence-corrected chi connectivity index (χ2v) is 5.22. The van der Waals surface area contributed by atoms with Crippen LogP contribution in [-0.2, 0) is 7.05 Å². The third-order valence-electron chi connectivity index (χ3n) is 2.99. The summed E-state index contributed by atoms with van der Waals surface area (Å²) < 4.78 is 6.87. The summed E-state index contributed by atoms with van der Waals surface area (Å²) in [6.45, 7) is 1.88. The van der Waals surface area contributed by atoms with Crippen LogP contribution < -0.4 is 5.32 Å². The number of nitrogens with zero attached hydrogens (tertiary/aromatic N) is 3. The third-order valence-corrected chi connectivity index (χ3v) is 3.87. The molecular formula is C13H12N4O2S. The highest BCUT2D eigenvalue weighted by Gasteiger charge is 2.16. The molecule has 0 aliphatic heterocycles. The molecule has 3 heterocycles. The Balaban J connectivity index is 1.80. The summed E-state index contributed by atoms with van der Waals surface area (Å²) in [6, 6.07) is 5.46. The van der Waals surface area contributed by atoms with E-state index < -0.39 is 0 Å². The number of carbonyl (C=O) groups excluding carboxylic acids is 1. The number of anilines is 1. The Morgan fingerprint density at radius 2 is 2.35 bits per heavy atom. The smallest absolute Gasteiger partial charge is 0.277 e. The van der Waals surface area contributed by atoms with Crippen LogP contribution in [0.5, 0.6) is 0 Å². The van der Waals surface area contributed by atoms with Crippen molar-refractivity contribution in [1.29, 1.82) is 0 Å². The number of nitrogens with one attached hydrogen (secondary N) is 1. The summed E-state index contributed by atoms with van der Waals surface area (Å²) in [6.07, 6.45) is 1.60. The first-order chi connectivity index (χ1) is 9.65. The molecule has 6 nitrogen and oxygen atoms in total. The minimum Gasteiger partial charge on any atom is -0.355 e. The molecule has 3 rings (SSSR count). The van der Waals surface area contributed by atoms with Crippen LogP contribution in [-0.4, -0.2) is 20.8 Å². The Kier molecular flexibility index (Phi) is 3.11. The predicted molar refractivity (Wildman–Crippen MR) is 75.7 cm³/mol. The molecule has 20 heavy (non-hydrogen) atoms. The topological polar surface area (TPSA) is 73.0 Å². The molecule has 0 aromatic carbocycles. The maximum atomic E-state index is 12.1. The largest absolute Gasteiger partial charge is 0.355 e. The average molecular weight is 288 g/mol. The molecule has 0 atom stereocenters. The second kappa shape index (κ2) is 4.93. The van der Waals surface area contributed by atoms with E-state index in [-0.39, 0.29) is 11.6 Å². The number of thiophene rings is 1. The van der Waals surface area contributed by atoms with E-state index in [0.717, 1.165) is 10.6 Å². The number of amides is 1. The van der Waals surface area contributed by atoms with Gasteiger partial charge in [-0.2, -0.15) is 5.10 Å². The Hall–Kier alpha value is -2.41. The summed E-state index contributed by atoms with van der Waals surface area (Å²) in [5, 5.41) is 12.6. The first-order valence-electron chi connectivity index (χ1n) is 5.95. The van der Waals surface area contributed by atoms with E-state index >= 15 is 0 Å². The van der Waals surface area contributed by atoms with Crippen LogP contribution in [0.15, 0.2) is 34.3 Å². The Morgan fingerprint density at radius 1 is 1.50 bits per heavy atom. The molecule has 7 heteroatoms. The maximum Gasteiger partial charge on any atom is 0.277 e. The van der Waals surface area contributed by atoms with Gasteiger partial charge in [-0.15, -0.1) is 11.3 Å². The highest BCUT2D eigenvalue weighted by atomic mass is 32.1. The molecule has 0 radical (unpaired) electrons. The molecule has 0 spiro atoms. The van der Waals surface area contributed by atoms with E-state index in [1.165, 1.54) is 11.3 Å². The summed E-state index contributed by atoms with van der Waals surface area (Å²) in [4.78, 5) is 13.0. The molecule has 0 bridgehead atoms. The van der Waals surface area contributed by atoms with E-state index in [2.05, 4.69) is 15.6 Å². The summed E-state index contributed by atoms with van der Waals surface area (Å²) in [5.41, 5.74) is 1.79. The van der Waals surface area contributed by atoms with Crippen molar-refractivity contribution in [2.75, 3.05) is 5.32 Å². The number of aromatic nitrogens is 3. The fourth-order valence-corrected chi connectivity index (χ4v) is 2.40. The van der Waals surface area contributed by atoms with Crippen molar-refractivity contribution in [3.05, 3.63) is 41.2 Å². The van der Waals surface area contributed by atoms with Crippen molar-refractivity contribution in [3.63, 3.8) is 0 Å². The molecule has 0 fully saturated rings. The minimum absolute atomic E-state index is 0.247. The first kappa shape index (κ1) is 12.6. The zero-order chi connectivity index (χ0) is 14.1. The standard InChI is InChI=1S/C13H12N4O2S/c1-8-10(7-14-17(8)2)15-13(18)9-6-11(19-16-9)12-4-3-5-20-12/h3-7H,1-2H3,(H,15,18). The molecule has 1 N–H and O–H groups in total. The van der Waals surface area contributed by atoms with Crippen molar-refractivity contribution in [2.45, 2.75) is 6.92 Å². The fraction of sp³-hybridized carbons (Fsp3) is 0.154. The number of aryl methyl sites for hydroxylation is 1. The van der Waals surface area contributed by atoms with Crippen LogP contribution in [0.25, 0.3) is 10.6 Å². The minimum atomic E-state index is -0.312. The lowest BCUT2D eigenvalue weighted by Gasteiger charge is -2.01. The molecule has 1 amide bonds. The Morgan fingerprint density at radius 3 is 3.00 bits per heavy atom. The van der Waals surface area contributed by atoms with E-state index in [1.807, 2.05) is 31.5 Å². The van der Waals surface area contributed by atoms with Crippen molar-refractivity contribution in [1.82, 2.24) is 14.9 Å². The van der Waals surface area contributed by atoms with Gasteiger partial charge in [-0.3, -0.25) is 9.48 Å². The summed E-state index contributed by atoms with van der Waals surface area (Å²) in [7, 11) is 1.82. The summed E-state index contributed by atoms with van der Waals surface area (Å²) in [5.74, 6) is 0.278. The quantitative estimate of drug-likeness (QED) is 0.804. The number of hydrogen-bond donors (Lipinski definition) is 1. The van der Waals surface area contributed by atoms with Crippen LogP contribution in [0.2, 0.25) is 0 Å². The molecule has 0 saturated heterocycles. The molecule has 0 aliphatic rings. The van der Waals surface area contributed by atoms with Crippen molar-refractivity contribution in [3.8, 4) is 10.6 Å². The molecule has 0 unspecified atom stereocenters. The van der Waals surface area contributed by atoms with Crippen molar-refractivity contribution in [2.24, 2.45) is 7.05 Å². The average Bonchev–Trinajstić information content (AvgIpc) is 3.14. The van der Waals surface area contributed by atoms with Crippen LogP contribution in [0.1, 0.15) is 16.2 Å². The van der Waals surface area contributed by atoms with Crippen LogP contribution in [0.4, 0.5) is 5.69 Å². The van der Waals surface area contributed by atoms with Gasteiger partial charge in [0.05, 0.1) is 22.5 Å². The van der Waals surface area contributed by atoms with E-state index in [0.29, 0.717) is 11.4 Å². The lowest BCUT2D eigenvalue weighted by Crippen LogP contribution is -2.12. The van der Waals surface area contributed by atoms with Crippen molar-refractivity contribution < 1.29 is 9.32 Å². The van der Waals surface area contributed by atoms with Gasteiger partial charge in [0.2, 0.25) is 0 Å². The lowest BCUT2D eigenvalue weighted by atomic mass is 10.3. The highest BCUT2D eigenvalue weighted by molar-refractivity contribution is 7.13. The lowest BCUT2D eigenvalue weighted by molar-refractivity contribution is 0.101. The zero-order valence-electron chi connectivity index (χ0n) is 11.0. The molecule has 102 valence electrons. The molecular weight excluding hydrogens is 276 g/mol. The van der Waals surface area contributed by atoms with Gasteiger partial charge in [0, 0.05) is 13.1 Å². The van der Waals surface area contributed by atoms with Gasteiger partial charge in [0.25, 0.3) is 5.91 Å². The first-order valence-corrected chi connectivity index (χ1v) is 6.83. The van der Waals surface area contributed by atoms with Crippen molar-refractivity contribution >= 4 is 22.9 Å². The molecule has 0 aliphatic carbocycles. The fourth-order valence-electron chi connectivity index (χ4n) is 1.72. The van der Waals surface area contributed by atoms with Gasteiger partial charge in [0.15, 0.2) is 11.5 Å². The van der Waals surface area contributed by atoms with E-state index in [1.54, 1.807) is 16.9 Å². The molecule has 3 aromatic rings. The Labute approximate surface area is 119 Å². The third kappa shape index (κ3) is 2.23. The monoisotopic (exact) mass is 288 g/mol. The van der Waals surface area contributed by atoms with Crippen LogP contribution in [0, 0.1) is 6.92 Å². The van der Waals surface area contributed by atoms with Crippen LogP contribution >= 0.6 is 11.3 Å². The maximum absolute atomic E-state index is 12.1. The van der Waals surface area contributed by atoms with Gasteiger partial charge >= 0.3 is 0 Å². The number of carbonyl (C=O) groups is 1. The number of rotatable bonds is 3. The molecule has 3 aromatic heterocycles. The molecule has 0 saturated carbocycles. The summed E-state index contributed by atoms with van der Waals surface area (Å²) >= 11 is 1.53. The van der Waals surface area contributed by atoms with Gasteiger partial charge in [0.1, 0.15) is 0 Å².